The molecule has 25 heavy (non-hydrogen) atoms. The molecule has 0 saturated carbocycles. The fourth-order valence-corrected chi connectivity index (χ4v) is 2.78. The average Bonchev–Trinajstić information content (AvgIpc) is 2.61. The van der Waals surface area contributed by atoms with Crippen molar-refractivity contribution in [1.82, 2.24) is 14.9 Å². The molecule has 1 aromatic carbocycles. The van der Waals surface area contributed by atoms with Crippen LogP contribution < -0.4 is 5.32 Å². The van der Waals surface area contributed by atoms with Crippen molar-refractivity contribution in [3.05, 3.63) is 53.3 Å². The molecule has 134 valence electrons. The maximum Gasteiger partial charge on any atom is 0.272 e. The van der Waals surface area contributed by atoms with E-state index in [1.54, 1.807) is 6.07 Å². The van der Waals surface area contributed by atoms with E-state index < -0.39 is 0 Å². The molecule has 5 nitrogen and oxygen atoms in total. The summed E-state index contributed by atoms with van der Waals surface area (Å²) in [6.45, 7) is 9.60. The van der Waals surface area contributed by atoms with Crippen LogP contribution in [0.3, 0.4) is 0 Å². The first-order chi connectivity index (χ1) is 12.0. The molecule has 0 spiro atoms. The zero-order chi connectivity index (χ0) is 18.2. The van der Waals surface area contributed by atoms with E-state index in [1.807, 2.05) is 30.0 Å². The van der Waals surface area contributed by atoms with Gasteiger partial charge in [0.1, 0.15) is 5.69 Å². The van der Waals surface area contributed by atoms with Crippen molar-refractivity contribution in [1.29, 1.82) is 0 Å². The molecule has 1 N–H and O–H groups in total. The van der Waals surface area contributed by atoms with Crippen LogP contribution in [-0.4, -0.2) is 33.9 Å². The normalized spacial score (nSPS) is 11.8. The largest absolute Gasteiger partial charge is 0.348 e. The third-order valence-electron chi connectivity index (χ3n) is 3.99. The van der Waals surface area contributed by atoms with Crippen LogP contribution in [0.5, 0.6) is 0 Å². The third-order valence-corrected chi connectivity index (χ3v) is 3.99. The second kappa shape index (κ2) is 9.16. The second-order valence-electron chi connectivity index (χ2n) is 6.29. The van der Waals surface area contributed by atoms with Crippen LogP contribution in [0, 0.1) is 6.92 Å². The molecule has 0 bridgehead atoms. The van der Waals surface area contributed by atoms with Crippen LogP contribution in [-0.2, 0) is 0 Å². The monoisotopic (exact) mass is 340 g/mol. The zero-order valence-corrected chi connectivity index (χ0v) is 15.6. The Morgan fingerprint density at radius 3 is 2.36 bits per heavy atom. The number of aryl methyl sites for hydroxylation is 1. The van der Waals surface area contributed by atoms with E-state index in [0.717, 1.165) is 37.2 Å². The molecule has 0 radical (unpaired) electrons. The van der Waals surface area contributed by atoms with Crippen LogP contribution in [0.25, 0.3) is 0 Å². The third kappa shape index (κ3) is 5.28. The van der Waals surface area contributed by atoms with Gasteiger partial charge in [0.05, 0.1) is 6.04 Å². The standard InChI is InChI=1S/C20H28N4O/c1-5-12-24(13-6-2)19(25)18-14-15(3)21-20(23-18)22-16(4)17-10-8-7-9-11-17/h7-11,14,16H,5-6,12-13H2,1-4H3,(H,21,22,23). The summed E-state index contributed by atoms with van der Waals surface area (Å²) in [7, 11) is 0. The summed E-state index contributed by atoms with van der Waals surface area (Å²) in [6.07, 6.45) is 1.87. The Morgan fingerprint density at radius 1 is 1.12 bits per heavy atom. The van der Waals surface area contributed by atoms with Crippen LogP contribution in [0.1, 0.15) is 61.4 Å². The molecule has 1 heterocycles. The van der Waals surface area contributed by atoms with Gasteiger partial charge in [-0.2, -0.15) is 0 Å². The number of nitrogens with one attached hydrogen (secondary N) is 1. The van der Waals surface area contributed by atoms with E-state index in [4.69, 9.17) is 0 Å². The van der Waals surface area contributed by atoms with Gasteiger partial charge < -0.3 is 10.2 Å². The number of rotatable bonds is 8. The first-order valence-corrected chi connectivity index (χ1v) is 9.01. The van der Waals surface area contributed by atoms with Gasteiger partial charge in [0, 0.05) is 18.8 Å². The highest BCUT2D eigenvalue weighted by Gasteiger charge is 2.18. The lowest BCUT2D eigenvalue weighted by Gasteiger charge is -2.21. The summed E-state index contributed by atoms with van der Waals surface area (Å²) in [4.78, 5) is 23.6. The Morgan fingerprint density at radius 2 is 1.76 bits per heavy atom. The van der Waals surface area contributed by atoms with Crippen molar-refractivity contribution < 1.29 is 4.79 Å². The number of hydrogen-bond donors (Lipinski definition) is 1. The quantitative estimate of drug-likeness (QED) is 0.781. The molecule has 0 aliphatic rings. The number of carbonyl (C=O) groups is 1. The van der Waals surface area contributed by atoms with E-state index in [9.17, 15) is 4.79 Å². The van der Waals surface area contributed by atoms with E-state index in [1.165, 1.54) is 0 Å². The van der Waals surface area contributed by atoms with E-state index >= 15 is 0 Å². The first-order valence-electron chi connectivity index (χ1n) is 9.01. The molecular weight excluding hydrogens is 312 g/mol. The molecular formula is C20H28N4O. The van der Waals surface area contributed by atoms with E-state index in [0.29, 0.717) is 11.6 Å². The van der Waals surface area contributed by atoms with Crippen molar-refractivity contribution in [3.8, 4) is 0 Å². The molecule has 0 aliphatic carbocycles. The Bertz CT molecular complexity index is 681. The minimum absolute atomic E-state index is 0.0235. The predicted octanol–water partition coefficient (Wildman–Crippen LogP) is 4.22. The van der Waals surface area contributed by atoms with E-state index in [2.05, 4.69) is 48.2 Å². The predicted molar refractivity (Wildman–Crippen MR) is 102 cm³/mol. The van der Waals surface area contributed by atoms with Crippen LogP contribution in [0.2, 0.25) is 0 Å². The molecule has 1 amide bonds. The summed E-state index contributed by atoms with van der Waals surface area (Å²) in [5.74, 6) is 0.470. The van der Waals surface area contributed by atoms with Crippen LogP contribution >= 0.6 is 0 Å². The summed E-state index contributed by atoms with van der Waals surface area (Å²) in [5.41, 5.74) is 2.39. The highest BCUT2D eigenvalue weighted by atomic mass is 16.2. The first kappa shape index (κ1) is 18.9. The Balaban J connectivity index is 2.20. The van der Waals surface area contributed by atoms with Gasteiger partial charge in [0.2, 0.25) is 5.95 Å². The lowest BCUT2D eigenvalue weighted by molar-refractivity contribution is 0.0749. The van der Waals surface area contributed by atoms with Gasteiger partial charge in [-0.1, -0.05) is 44.2 Å². The van der Waals surface area contributed by atoms with Gasteiger partial charge in [-0.05, 0) is 38.3 Å². The smallest absolute Gasteiger partial charge is 0.272 e. The molecule has 0 aliphatic heterocycles. The van der Waals surface area contributed by atoms with Gasteiger partial charge in [0.15, 0.2) is 0 Å². The van der Waals surface area contributed by atoms with Crippen molar-refractivity contribution in [2.24, 2.45) is 0 Å². The lowest BCUT2D eigenvalue weighted by atomic mass is 10.1. The fraction of sp³-hybridized carbons (Fsp3) is 0.450. The topological polar surface area (TPSA) is 58.1 Å². The minimum atomic E-state index is -0.0235. The Kier molecular flexibility index (Phi) is 6.92. The molecule has 0 fully saturated rings. The second-order valence-corrected chi connectivity index (χ2v) is 6.29. The van der Waals surface area contributed by atoms with Gasteiger partial charge in [-0.15, -0.1) is 0 Å². The molecule has 1 atom stereocenters. The number of anilines is 1. The SMILES string of the molecule is CCCN(CCC)C(=O)c1cc(C)nc(NC(C)c2ccccc2)n1. The van der Waals surface area contributed by atoms with Crippen LogP contribution in [0.4, 0.5) is 5.95 Å². The number of aromatic nitrogens is 2. The number of amides is 1. The average molecular weight is 340 g/mol. The molecule has 2 aromatic rings. The van der Waals surface area contributed by atoms with Gasteiger partial charge in [0.25, 0.3) is 5.91 Å². The lowest BCUT2D eigenvalue weighted by Crippen LogP contribution is -2.33. The molecule has 0 saturated heterocycles. The van der Waals surface area contributed by atoms with Crippen molar-refractivity contribution >= 4 is 11.9 Å². The maximum atomic E-state index is 12.8. The molecule has 1 aromatic heterocycles. The summed E-state index contributed by atoms with van der Waals surface area (Å²) < 4.78 is 0. The summed E-state index contributed by atoms with van der Waals surface area (Å²) in [5, 5.41) is 3.30. The van der Waals surface area contributed by atoms with Crippen LogP contribution in [0.15, 0.2) is 36.4 Å². The highest BCUT2D eigenvalue weighted by molar-refractivity contribution is 5.92. The van der Waals surface area contributed by atoms with Gasteiger partial charge >= 0.3 is 0 Å². The summed E-state index contributed by atoms with van der Waals surface area (Å²) in [6, 6.07) is 12.0. The van der Waals surface area contributed by atoms with Crippen molar-refractivity contribution in [2.75, 3.05) is 18.4 Å². The van der Waals surface area contributed by atoms with Crippen molar-refractivity contribution in [3.63, 3.8) is 0 Å². The highest BCUT2D eigenvalue weighted by Crippen LogP contribution is 2.17. The zero-order valence-electron chi connectivity index (χ0n) is 15.6. The fourth-order valence-electron chi connectivity index (χ4n) is 2.78. The number of nitrogens with zero attached hydrogens (tertiary/aromatic N) is 3. The van der Waals surface area contributed by atoms with E-state index in [-0.39, 0.29) is 11.9 Å². The molecule has 5 heteroatoms. The van der Waals surface area contributed by atoms with Gasteiger partial charge in [-0.25, -0.2) is 9.97 Å². The maximum absolute atomic E-state index is 12.8. The Hall–Kier alpha value is -2.43. The van der Waals surface area contributed by atoms with Crippen molar-refractivity contribution in [2.45, 2.75) is 46.6 Å². The summed E-state index contributed by atoms with van der Waals surface area (Å²) >= 11 is 0. The Labute approximate surface area is 150 Å². The minimum Gasteiger partial charge on any atom is -0.348 e. The number of benzene rings is 1. The molecule has 2 rings (SSSR count). The molecule has 1 unspecified atom stereocenters. The number of carbonyl (C=O) groups excluding carboxylic acids is 1. The van der Waals surface area contributed by atoms with Gasteiger partial charge in [-0.3, -0.25) is 4.79 Å². The number of hydrogen-bond acceptors (Lipinski definition) is 4.